The van der Waals surface area contributed by atoms with Gasteiger partial charge in [0, 0.05) is 185 Å². The predicted octanol–water partition coefficient (Wildman–Crippen LogP) is -2.78. The molecule has 13 atom stereocenters. The minimum atomic E-state index is -1.19. The quantitative estimate of drug-likeness (QED) is 0.0127. The molecule has 0 aromatic heterocycles. The molecule has 2 heterocycles. The molecule has 2 fully saturated rings. The molecule has 58 heteroatoms. The average molecular weight is 2200 g/mol. The number of alkyl carbamates (subject to hydrolysis) is 4. The number of carbonyl (C=O) groups is 17. The number of nitrogens with two attached hydrogens (primary N) is 1. The van der Waals surface area contributed by atoms with Crippen molar-refractivity contribution in [2.24, 2.45) is 11.6 Å². The molecule has 2 rings (SSSR count). The Morgan fingerprint density at radius 2 is 0.644 bits per heavy atom. The van der Waals surface area contributed by atoms with Gasteiger partial charge in [0.15, 0.2) is 31.5 Å². The van der Waals surface area contributed by atoms with Crippen LogP contribution in [0.5, 0.6) is 0 Å². The van der Waals surface area contributed by atoms with Gasteiger partial charge < -0.3 is 185 Å². The second-order valence-corrected chi connectivity index (χ2v) is 33.7. The number of imide groups is 2. The van der Waals surface area contributed by atoms with E-state index in [1.165, 1.54) is 61.2 Å². The summed E-state index contributed by atoms with van der Waals surface area (Å²) in [5, 5.41) is 95.2. The van der Waals surface area contributed by atoms with Crippen LogP contribution >= 0.6 is 23.5 Å². The first kappa shape index (κ1) is 144. The lowest BCUT2D eigenvalue weighted by atomic mass is 10.1. The number of nitrogens with one attached hydrogen (secondary N) is 10. The number of nitrogens with zero attached hydrogens (tertiary/aromatic N) is 2. The van der Waals surface area contributed by atoms with E-state index >= 15 is 0 Å². The van der Waals surface area contributed by atoms with E-state index in [1.807, 2.05) is 34.6 Å². The molecule has 56 nitrogen and oxygen atoms in total. The highest BCUT2D eigenvalue weighted by Crippen LogP contribution is 2.27. The molecule has 2 aliphatic rings. The molecule has 0 aliphatic carbocycles. The highest BCUT2D eigenvalue weighted by atomic mass is 32.2. The maximum atomic E-state index is 12.4. The monoisotopic (exact) mass is 2200 g/mol. The summed E-state index contributed by atoms with van der Waals surface area (Å²) in [7, 11) is 7.02. The van der Waals surface area contributed by atoms with E-state index in [-0.39, 0.29) is 351 Å². The lowest BCUT2D eigenvalue weighted by Crippen LogP contribution is -2.37. The standard InChI is InChI=1S/C30H52N6O14S.C28H49N5O12S.C14H27NO6.C11H21NO7.C7H16O4.CH4/c1-3-20(17-37)50-27(46-2)18-49-30(45)35-7-4-23(38)32-8-9-33-25(40)6-12-47-14-15-48-13-10-34-24(39)5-11-36-26(41)16-22(28(36)42)51-19-21(31)29(43)44;1-4-20(18-34)45-26(41-2)19-44-28(40)32-8-5-22(35)29-9-10-30-24(37)7-13-42-15-16-43-14-11-31-23(36)6-12-33-25(38)17-21(46-3)27(33)39;1-5-11(8-16)21-13(19-4)9-20-14(18)15-7-6-12(17)10(2)3;1-3-8(6-13)19-10(17-2)7-18-11(16)12-5-4-9(14)15;1-3-6(4-8)11-7(5-9)10-2;/h20-22,27,37H,3-19,31H2,1-2H3,(H,32,38)(H,33,40)(H,34,39)(H,35,45)(H,43,44);20-21,26,34H,4-19H2,1-3H3,(H,29,35)(H,30,37)(H,31,36)(H,32,40);10-11,13,16H,5-9H2,1-4H3,(H,15,18);8,10,13H,3-7H2,1-2H3,(H,12,16)(H,14,15);6-9H,3-5H2,1-2H3;1H4/i;;10D;;;. The average Bonchev–Trinajstić information content (AvgIpc) is 1.70. The van der Waals surface area contributed by atoms with Crippen LogP contribution in [0, 0.1) is 5.89 Å². The summed E-state index contributed by atoms with van der Waals surface area (Å²) in [6, 6.07) is -1.14. The van der Waals surface area contributed by atoms with Crippen molar-refractivity contribution in [3.8, 4) is 0 Å². The Morgan fingerprint density at radius 3 is 0.919 bits per heavy atom. The number of carboxylic acids is 2. The van der Waals surface area contributed by atoms with Crippen molar-refractivity contribution >= 4 is 125 Å². The number of carboxylic acid groups (broad SMARTS) is 2. The van der Waals surface area contributed by atoms with Crippen LogP contribution < -0.4 is 58.9 Å². The molecule has 0 aromatic carbocycles. The van der Waals surface area contributed by atoms with Crippen molar-refractivity contribution < 1.29 is 209 Å². The van der Waals surface area contributed by atoms with Gasteiger partial charge in [0.1, 0.15) is 38.3 Å². The van der Waals surface area contributed by atoms with Gasteiger partial charge in [0.2, 0.25) is 59.1 Å². The number of likely N-dealkylation sites (tertiary alicyclic amines) is 2. The second kappa shape index (κ2) is 95.7. The Balaban J connectivity index is -0.000000972. The van der Waals surface area contributed by atoms with Crippen molar-refractivity contribution in [2.45, 2.75) is 231 Å². The zero-order valence-electron chi connectivity index (χ0n) is 88.2. The van der Waals surface area contributed by atoms with Crippen LogP contribution in [0.3, 0.4) is 0 Å². The number of Topliss-reactive ketones (excluding diaryl/α,β-unsaturated/α-hetero) is 1. The maximum Gasteiger partial charge on any atom is 0.407 e. The number of ether oxygens (including phenoxy) is 18. The zero-order valence-corrected chi connectivity index (χ0v) is 88.8. The molecule has 0 aromatic rings. The SMILES string of the molecule is C.CCC(CO)OC(CO)OC.CCC(CO)OC(COC(=O)NCCC(=O)NCCNC(=O)CCOCCOCCNC(=O)CCN1C(=O)CC(SC)C1=O)OC.CCC(CO)OC(COC(=O)NCCC(=O)NCCNC(=O)CCOCCOCCNC(=O)CCN1C(=O)CC(SCC(N)C(=O)O)C1=O)OC.CCC(CO)OC(COC(=O)NCCC(=O)O)OC.[2H]C(C)(C)C(=O)CCNC(=O)OCC(OC)OC(CC)CO. The van der Waals surface area contributed by atoms with Crippen LogP contribution in [-0.4, -0.2) is 475 Å². The van der Waals surface area contributed by atoms with E-state index in [0.29, 0.717) is 32.1 Å². The Kier molecular flexibility index (Phi) is 92.4. The first-order chi connectivity index (χ1) is 71.1. The third kappa shape index (κ3) is 78.5. The normalized spacial score (nSPS) is 15.4. The fourth-order valence-electron chi connectivity index (χ4n) is 11.0. The van der Waals surface area contributed by atoms with Crippen LogP contribution in [0.15, 0.2) is 0 Å². The van der Waals surface area contributed by atoms with Crippen molar-refractivity contribution in [2.75, 3.05) is 245 Å². The van der Waals surface area contributed by atoms with Crippen LogP contribution in [-0.2, 0) is 148 Å². The van der Waals surface area contributed by atoms with Crippen molar-refractivity contribution in [3.63, 3.8) is 0 Å². The smallest absolute Gasteiger partial charge is 0.407 e. The summed E-state index contributed by atoms with van der Waals surface area (Å²) in [4.78, 5) is 201. The minimum absolute atomic E-state index is 0. The van der Waals surface area contributed by atoms with Crippen LogP contribution in [0.1, 0.15) is 154 Å². The van der Waals surface area contributed by atoms with Gasteiger partial charge in [-0.3, -0.25) is 72.1 Å². The maximum absolute atomic E-state index is 12.4. The van der Waals surface area contributed by atoms with E-state index in [0.717, 1.165) is 21.6 Å². The van der Waals surface area contributed by atoms with Gasteiger partial charge in [-0.1, -0.05) is 55.9 Å². The molecular weight excluding hydrogens is 2030 g/mol. The van der Waals surface area contributed by atoms with Gasteiger partial charge in [0.05, 0.1) is 140 Å². The van der Waals surface area contributed by atoms with Gasteiger partial charge in [-0.05, 0) is 38.4 Å². The molecule has 0 bridgehead atoms. The Hall–Kier alpha value is -9.35. The number of hydrogen-bond acceptors (Lipinski definition) is 44. The fourth-order valence-corrected chi connectivity index (χ4v) is 12.8. The highest BCUT2D eigenvalue weighted by Gasteiger charge is 2.40. The molecule has 13 unspecified atom stereocenters. The number of carbonyl (C=O) groups excluding carboxylic acids is 15. The van der Waals surface area contributed by atoms with Crippen LogP contribution in [0.4, 0.5) is 19.2 Å². The molecule has 2 aliphatic heterocycles. The van der Waals surface area contributed by atoms with Crippen molar-refractivity contribution in [1.29, 1.82) is 0 Å². The zero-order chi connectivity index (χ0) is 113. The number of aliphatic carboxylic acids is 2. The summed E-state index contributed by atoms with van der Waals surface area (Å²) in [6.45, 7) is 13.9. The number of thioether (sulfide) groups is 2. The number of aliphatic hydroxyl groups is 6. The molecule has 2 saturated heterocycles. The number of ketones is 1. The molecule has 149 heavy (non-hydrogen) atoms. The Labute approximate surface area is 880 Å². The summed E-state index contributed by atoms with van der Waals surface area (Å²) < 4.78 is 100. The minimum Gasteiger partial charge on any atom is -0.481 e. The highest BCUT2D eigenvalue weighted by molar-refractivity contribution is 8.00. The molecule has 14 amide bonds. The number of hydrogen-bond donors (Lipinski definition) is 19. The number of rotatable bonds is 82. The predicted molar refractivity (Wildman–Crippen MR) is 534 cm³/mol. The first-order valence-electron chi connectivity index (χ1n) is 48.8. The van der Waals surface area contributed by atoms with Crippen LogP contribution in [0.2, 0.25) is 0 Å². The van der Waals surface area contributed by atoms with Gasteiger partial charge in [0.25, 0.3) is 0 Å². The Morgan fingerprint density at radius 1 is 0.369 bits per heavy atom. The van der Waals surface area contributed by atoms with Crippen molar-refractivity contribution in [1.82, 2.24) is 63.0 Å². The molecule has 0 radical (unpaired) electrons. The fraction of sp³-hybridized carbons (Fsp3) is 0.813. The van der Waals surface area contributed by atoms with E-state index in [4.69, 9.17) is 128 Å². The Bertz CT molecular complexity index is 3690. The van der Waals surface area contributed by atoms with Crippen LogP contribution in [0.25, 0.3) is 0 Å². The number of amides is 14. The molecular formula is C91H169N13O43S2. The molecule has 20 N–H and O–H groups in total. The van der Waals surface area contributed by atoms with Gasteiger partial charge in [-0.15, -0.1) is 11.8 Å². The summed E-state index contributed by atoms with van der Waals surface area (Å²) in [5.41, 5.74) is 5.44. The summed E-state index contributed by atoms with van der Waals surface area (Å²) in [5.74, 6) is -6.84. The molecule has 868 valence electrons. The van der Waals surface area contributed by atoms with Crippen molar-refractivity contribution in [3.05, 3.63) is 0 Å². The third-order valence-electron chi connectivity index (χ3n) is 19.9. The lowest BCUT2D eigenvalue weighted by molar-refractivity contribution is -0.181. The number of methoxy groups -OCH3 is 5. The first-order valence-corrected chi connectivity index (χ1v) is 50.6. The summed E-state index contributed by atoms with van der Waals surface area (Å²) >= 11 is 2.34. The van der Waals surface area contributed by atoms with Gasteiger partial charge in [-0.2, -0.15) is 11.8 Å². The van der Waals surface area contributed by atoms with E-state index in [2.05, 4.69) is 53.2 Å². The van der Waals surface area contributed by atoms with E-state index in [1.54, 1.807) is 6.26 Å². The largest absolute Gasteiger partial charge is 0.481 e. The lowest BCUT2D eigenvalue weighted by Gasteiger charge is -2.21. The van der Waals surface area contributed by atoms with E-state index < -0.39 is 109 Å². The number of aliphatic hydroxyl groups excluding tert-OH is 6. The second-order valence-electron chi connectivity index (χ2n) is 31.4. The van der Waals surface area contributed by atoms with E-state index in [9.17, 15) is 86.6 Å². The topological polar surface area (TPSA) is 771 Å². The van der Waals surface area contributed by atoms with Gasteiger partial charge in [-0.25, -0.2) is 19.2 Å². The molecule has 0 spiro atoms. The third-order valence-corrected chi connectivity index (χ3v) is 22.1. The van der Waals surface area contributed by atoms with Gasteiger partial charge >= 0.3 is 36.3 Å². The molecule has 0 saturated carbocycles. The summed E-state index contributed by atoms with van der Waals surface area (Å²) in [6.07, 6.45) is -3.65.